The predicted molar refractivity (Wildman–Crippen MR) is 48.6 cm³/mol. The van der Waals surface area contributed by atoms with Gasteiger partial charge in [0.2, 0.25) is 0 Å². The molecule has 4 heteroatoms. The van der Waals surface area contributed by atoms with Crippen LogP contribution in [0, 0.1) is 23.7 Å². The molecule has 2 aliphatic carbocycles. The van der Waals surface area contributed by atoms with Crippen molar-refractivity contribution in [2.24, 2.45) is 23.7 Å². The van der Waals surface area contributed by atoms with Crippen molar-refractivity contribution in [2.75, 3.05) is 6.61 Å². The van der Waals surface area contributed by atoms with Gasteiger partial charge >= 0.3 is 5.97 Å². The molecule has 3 rings (SSSR count). The van der Waals surface area contributed by atoms with Crippen molar-refractivity contribution < 1.29 is 9.53 Å². The number of fused-ring (bicyclic) bond motifs is 5. The fourth-order valence-electron chi connectivity index (χ4n) is 3.32. The summed E-state index contributed by atoms with van der Waals surface area (Å²) in [5.41, 5.74) is 0. The van der Waals surface area contributed by atoms with E-state index in [1.54, 1.807) is 0 Å². The van der Waals surface area contributed by atoms with Gasteiger partial charge in [-0.1, -0.05) is 0 Å². The van der Waals surface area contributed by atoms with Crippen LogP contribution in [0.5, 0.6) is 0 Å². The SMILES string of the molecule is O=C1OC[C@H]2[C@H]1[C@H]1CC[C@H]2C1(Cl)Cl. The van der Waals surface area contributed by atoms with Gasteiger partial charge in [0.1, 0.15) is 4.33 Å². The number of carbonyl (C=O) groups is 1. The Morgan fingerprint density at radius 1 is 1.31 bits per heavy atom. The molecule has 72 valence electrons. The lowest BCUT2D eigenvalue weighted by Gasteiger charge is -2.20. The van der Waals surface area contributed by atoms with E-state index in [9.17, 15) is 4.79 Å². The van der Waals surface area contributed by atoms with E-state index in [0.29, 0.717) is 12.5 Å². The second kappa shape index (κ2) is 2.34. The molecule has 1 heterocycles. The van der Waals surface area contributed by atoms with E-state index in [4.69, 9.17) is 27.9 Å². The van der Waals surface area contributed by atoms with Crippen LogP contribution in [0.25, 0.3) is 0 Å². The molecule has 3 aliphatic rings. The molecule has 0 radical (unpaired) electrons. The highest BCUT2D eigenvalue weighted by Gasteiger charge is 2.67. The lowest BCUT2D eigenvalue weighted by Crippen LogP contribution is -2.25. The first-order valence-corrected chi connectivity index (χ1v) is 5.42. The monoisotopic (exact) mass is 220 g/mol. The fourth-order valence-corrected chi connectivity index (χ4v) is 4.35. The Morgan fingerprint density at radius 3 is 2.69 bits per heavy atom. The third-order valence-electron chi connectivity index (χ3n) is 3.88. The first kappa shape index (κ1) is 8.37. The summed E-state index contributed by atoms with van der Waals surface area (Å²) < 4.78 is 4.38. The molecule has 0 spiro atoms. The zero-order valence-corrected chi connectivity index (χ0v) is 8.52. The summed E-state index contributed by atoms with van der Waals surface area (Å²) in [7, 11) is 0. The molecule has 13 heavy (non-hydrogen) atoms. The van der Waals surface area contributed by atoms with Crippen LogP contribution in [0.3, 0.4) is 0 Å². The Kier molecular flexibility index (Phi) is 1.51. The smallest absolute Gasteiger partial charge is 0.309 e. The number of esters is 1. The summed E-state index contributed by atoms with van der Waals surface area (Å²) in [4.78, 5) is 11.4. The summed E-state index contributed by atoms with van der Waals surface area (Å²) in [6.45, 7) is 0.534. The number of alkyl halides is 2. The molecule has 1 aliphatic heterocycles. The first-order valence-electron chi connectivity index (χ1n) is 4.67. The van der Waals surface area contributed by atoms with Crippen LogP contribution in [-0.4, -0.2) is 16.9 Å². The van der Waals surface area contributed by atoms with Gasteiger partial charge in [-0.25, -0.2) is 0 Å². The van der Waals surface area contributed by atoms with Gasteiger partial charge in [-0.15, -0.1) is 23.2 Å². The van der Waals surface area contributed by atoms with Crippen LogP contribution in [0.4, 0.5) is 0 Å². The van der Waals surface area contributed by atoms with E-state index < -0.39 is 4.33 Å². The quantitative estimate of drug-likeness (QED) is 0.461. The van der Waals surface area contributed by atoms with Crippen LogP contribution in [0.1, 0.15) is 12.8 Å². The van der Waals surface area contributed by atoms with E-state index in [2.05, 4.69) is 0 Å². The minimum Gasteiger partial charge on any atom is -0.465 e. The third kappa shape index (κ3) is 0.841. The van der Waals surface area contributed by atoms with Crippen LogP contribution in [0.2, 0.25) is 0 Å². The molecule has 2 bridgehead atoms. The van der Waals surface area contributed by atoms with Crippen molar-refractivity contribution in [1.82, 2.24) is 0 Å². The molecule has 0 aromatic rings. The van der Waals surface area contributed by atoms with Crippen molar-refractivity contribution in [1.29, 1.82) is 0 Å². The average molecular weight is 221 g/mol. The Morgan fingerprint density at radius 2 is 2.00 bits per heavy atom. The maximum atomic E-state index is 11.4. The number of hydrogen-bond acceptors (Lipinski definition) is 2. The molecule has 2 nitrogen and oxygen atoms in total. The van der Waals surface area contributed by atoms with Crippen molar-refractivity contribution in [2.45, 2.75) is 17.2 Å². The highest BCUT2D eigenvalue weighted by Crippen LogP contribution is 2.65. The van der Waals surface area contributed by atoms with Gasteiger partial charge < -0.3 is 4.74 Å². The molecule has 0 amide bonds. The maximum Gasteiger partial charge on any atom is 0.309 e. The third-order valence-corrected chi connectivity index (χ3v) is 5.00. The number of cyclic esters (lactones) is 1. The molecular weight excluding hydrogens is 211 g/mol. The minimum absolute atomic E-state index is 0.00579. The highest BCUT2D eigenvalue weighted by molar-refractivity contribution is 6.49. The van der Waals surface area contributed by atoms with E-state index in [-0.39, 0.29) is 23.7 Å². The molecule has 3 fully saturated rings. The van der Waals surface area contributed by atoms with Crippen LogP contribution in [-0.2, 0) is 9.53 Å². The fraction of sp³-hybridized carbons (Fsp3) is 0.889. The first-order chi connectivity index (χ1) is 6.12. The summed E-state index contributed by atoms with van der Waals surface area (Å²) in [6.07, 6.45) is 2.03. The Hall–Kier alpha value is 0.0500. The van der Waals surface area contributed by atoms with Crippen molar-refractivity contribution in [3.63, 3.8) is 0 Å². The molecule has 0 aromatic carbocycles. The zero-order valence-electron chi connectivity index (χ0n) is 7.00. The largest absolute Gasteiger partial charge is 0.465 e. The summed E-state index contributed by atoms with van der Waals surface area (Å²) in [5, 5.41) is 0. The Balaban J connectivity index is 2.03. The van der Waals surface area contributed by atoms with Gasteiger partial charge in [0, 0.05) is 11.8 Å². The van der Waals surface area contributed by atoms with Gasteiger partial charge in [0.05, 0.1) is 12.5 Å². The standard InChI is InChI=1S/C9H10Cl2O2/c10-9(11)5-1-2-6(9)7-4(5)3-13-8(7)12/h4-7H,1-3H2/t4-,5-,6-,7+/m1/s1. The molecule has 0 aromatic heterocycles. The molecule has 0 N–H and O–H groups in total. The highest BCUT2D eigenvalue weighted by atomic mass is 35.5. The van der Waals surface area contributed by atoms with Crippen molar-refractivity contribution in [3.8, 4) is 0 Å². The maximum absolute atomic E-state index is 11.4. The number of carbonyl (C=O) groups excluding carboxylic acids is 1. The van der Waals surface area contributed by atoms with Gasteiger partial charge in [-0.05, 0) is 18.8 Å². The normalized spacial score (nSPS) is 50.8. The molecule has 4 atom stereocenters. The topological polar surface area (TPSA) is 26.3 Å². The number of hydrogen-bond donors (Lipinski definition) is 0. The molecule has 0 unspecified atom stereocenters. The average Bonchev–Trinajstić information content (AvgIpc) is 2.63. The second-order valence-corrected chi connectivity index (χ2v) is 5.73. The van der Waals surface area contributed by atoms with Gasteiger partial charge in [0.15, 0.2) is 0 Å². The molecular formula is C9H10Cl2O2. The van der Waals surface area contributed by atoms with E-state index in [1.807, 2.05) is 0 Å². The lowest BCUT2D eigenvalue weighted by atomic mass is 9.81. The minimum atomic E-state index is -0.658. The van der Waals surface area contributed by atoms with Gasteiger partial charge in [-0.2, -0.15) is 0 Å². The van der Waals surface area contributed by atoms with Crippen LogP contribution in [0.15, 0.2) is 0 Å². The zero-order chi connectivity index (χ0) is 9.22. The summed E-state index contributed by atoms with van der Waals surface area (Å²) >= 11 is 12.5. The van der Waals surface area contributed by atoms with E-state index in [0.717, 1.165) is 12.8 Å². The second-order valence-electron chi connectivity index (χ2n) is 4.28. The Bertz CT molecular complexity index is 277. The number of rotatable bonds is 0. The number of halogens is 2. The number of ether oxygens (including phenoxy) is 1. The summed E-state index contributed by atoms with van der Waals surface area (Å²) in [6, 6.07) is 0. The van der Waals surface area contributed by atoms with Crippen molar-refractivity contribution >= 4 is 29.2 Å². The van der Waals surface area contributed by atoms with Crippen LogP contribution < -0.4 is 0 Å². The molecule has 1 saturated heterocycles. The summed E-state index contributed by atoms with van der Waals surface area (Å²) in [5.74, 6) is 0.621. The molecule has 2 saturated carbocycles. The van der Waals surface area contributed by atoms with Gasteiger partial charge in [-0.3, -0.25) is 4.79 Å². The van der Waals surface area contributed by atoms with Crippen molar-refractivity contribution in [3.05, 3.63) is 0 Å². The van der Waals surface area contributed by atoms with E-state index >= 15 is 0 Å². The van der Waals surface area contributed by atoms with Crippen LogP contribution >= 0.6 is 23.2 Å². The van der Waals surface area contributed by atoms with E-state index in [1.165, 1.54) is 0 Å². The van der Waals surface area contributed by atoms with Gasteiger partial charge in [0.25, 0.3) is 0 Å². The lowest BCUT2D eigenvalue weighted by molar-refractivity contribution is -0.142. The predicted octanol–water partition coefficient (Wildman–Crippen LogP) is 1.99. The Labute approximate surface area is 86.5 Å².